The van der Waals surface area contributed by atoms with E-state index in [0.29, 0.717) is 24.0 Å². The number of aryl methyl sites for hydroxylation is 1. The first-order valence-electron chi connectivity index (χ1n) is 7.69. The van der Waals surface area contributed by atoms with Crippen LogP contribution in [0, 0.1) is 6.92 Å². The molecule has 0 atom stereocenters. The summed E-state index contributed by atoms with van der Waals surface area (Å²) in [6.45, 7) is 2.59. The van der Waals surface area contributed by atoms with Crippen LogP contribution in [-0.4, -0.2) is 36.4 Å². The number of nitrogens with zero attached hydrogens (tertiary/aromatic N) is 1. The number of alkyl halides is 1. The van der Waals surface area contributed by atoms with Crippen molar-refractivity contribution in [2.45, 2.75) is 45.1 Å². The average molecular weight is 310 g/mol. The average Bonchev–Trinajstić information content (AvgIpc) is 2.53. The first-order chi connectivity index (χ1) is 10.2. The quantitative estimate of drug-likeness (QED) is 0.769. The van der Waals surface area contributed by atoms with E-state index < -0.39 is 0 Å². The number of halogens is 1. The number of methoxy groups -OCH3 is 1. The van der Waals surface area contributed by atoms with E-state index in [9.17, 15) is 4.79 Å². The van der Waals surface area contributed by atoms with Gasteiger partial charge in [-0.3, -0.25) is 4.79 Å². The number of ether oxygens (including phenoxy) is 1. The van der Waals surface area contributed by atoms with Crippen molar-refractivity contribution in [3.8, 4) is 5.75 Å². The van der Waals surface area contributed by atoms with Gasteiger partial charge in [0.05, 0.1) is 7.11 Å². The Hall–Kier alpha value is -1.22. The van der Waals surface area contributed by atoms with Crippen molar-refractivity contribution >= 4 is 17.5 Å². The standard InChI is InChI=1S/C17H24ClNO2/c1-13-8-9-14(12-16(13)21-2)17(20)19(11-10-18)15-6-4-3-5-7-15/h8-9,12,15H,3-7,10-11H2,1-2H3. The number of carbonyl (C=O) groups excluding carboxylic acids is 1. The van der Waals surface area contributed by atoms with Crippen LogP contribution in [0.15, 0.2) is 18.2 Å². The summed E-state index contributed by atoms with van der Waals surface area (Å²) in [6, 6.07) is 5.98. The lowest BCUT2D eigenvalue weighted by Crippen LogP contribution is -2.42. The van der Waals surface area contributed by atoms with E-state index in [2.05, 4.69) is 0 Å². The minimum atomic E-state index is 0.0702. The zero-order valence-corrected chi connectivity index (χ0v) is 13.7. The topological polar surface area (TPSA) is 29.5 Å². The second-order valence-electron chi connectivity index (χ2n) is 5.66. The molecule has 0 aliphatic heterocycles. The second-order valence-corrected chi connectivity index (χ2v) is 6.04. The van der Waals surface area contributed by atoms with Crippen molar-refractivity contribution in [1.29, 1.82) is 0 Å². The van der Waals surface area contributed by atoms with Gasteiger partial charge in [-0.1, -0.05) is 25.3 Å². The molecule has 0 bridgehead atoms. The Bertz CT molecular complexity index is 484. The number of hydrogen-bond donors (Lipinski definition) is 0. The van der Waals surface area contributed by atoms with Crippen molar-refractivity contribution in [2.75, 3.05) is 19.5 Å². The summed E-state index contributed by atoms with van der Waals surface area (Å²) in [4.78, 5) is 14.8. The molecule has 1 aliphatic rings. The number of benzene rings is 1. The van der Waals surface area contributed by atoms with Crippen molar-refractivity contribution in [1.82, 2.24) is 4.90 Å². The molecule has 0 N–H and O–H groups in total. The van der Waals surface area contributed by atoms with Gasteiger partial charge in [0.15, 0.2) is 0 Å². The second kappa shape index (κ2) is 7.69. The molecule has 0 radical (unpaired) electrons. The summed E-state index contributed by atoms with van der Waals surface area (Å²) < 4.78 is 5.32. The Morgan fingerprint density at radius 1 is 1.33 bits per heavy atom. The largest absolute Gasteiger partial charge is 0.496 e. The summed E-state index contributed by atoms with van der Waals surface area (Å²) >= 11 is 5.91. The Kier molecular flexibility index (Phi) is 5.92. The maximum atomic E-state index is 12.8. The van der Waals surface area contributed by atoms with Gasteiger partial charge in [-0.15, -0.1) is 11.6 Å². The van der Waals surface area contributed by atoms with E-state index in [1.54, 1.807) is 7.11 Å². The normalized spacial score (nSPS) is 15.8. The summed E-state index contributed by atoms with van der Waals surface area (Å²) in [5.41, 5.74) is 1.73. The molecule has 1 aromatic rings. The van der Waals surface area contributed by atoms with Crippen LogP contribution >= 0.6 is 11.6 Å². The Balaban J connectivity index is 2.20. The molecule has 0 unspecified atom stereocenters. The van der Waals surface area contributed by atoms with Gasteiger partial charge in [0.2, 0.25) is 0 Å². The fraction of sp³-hybridized carbons (Fsp3) is 0.588. The van der Waals surface area contributed by atoms with Crippen LogP contribution in [0.5, 0.6) is 5.75 Å². The minimum absolute atomic E-state index is 0.0702. The molecule has 3 nitrogen and oxygen atoms in total. The van der Waals surface area contributed by atoms with Crippen molar-refractivity contribution in [3.63, 3.8) is 0 Å². The first-order valence-corrected chi connectivity index (χ1v) is 8.22. The molecule has 2 rings (SSSR count). The van der Waals surface area contributed by atoms with Gasteiger partial charge in [0, 0.05) is 24.0 Å². The van der Waals surface area contributed by atoms with Gasteiger partial charge in [0.25, 0.3) is 5.91 Å². The number of amides is 1. The third-order valence-electron chi connectivity index (χ3n) is 4.26. The zero-order valence-electron chi connectivity index (χ0n) is 12.9. The lowest BCUT2D eigenvalue weighted by molar-refractivity contribution is 0.0649. The highest BCUT2D eigenvalue weighted by Gasteiger charge is 2.26. The van der Waals surface area contributed by atoms with Crippen LogP contribution in [0.3, 0.4) is 0 Å². The predicted octanol–water partition coefficient (Wildman–Crippen LogP) is 4.02. The van der Waals surface area contributed by atoms with Gasteiger partial charge in [-0.25, -0.2) is 0 Å². The molecular formula is C17H24ClNO2. The molecule has 4 heteroatoms. The Morgan fingerprint density at radius 2 is 2.05 bits per heavy atom. The summed E-state index contributed by atoms with van der Waals surface area (Å²) in [5.74, 6) is 1.31. The van der Waals surface area contributed by atoms with E-state index in [4.69, 9.17) is 16.3 Å². The number of rotatable bonds is 5. The molecule has 1 aliphatic carbocycles. The fourth-order valence-corrected chi connectivity index (χ4v) is 3.23. The van der Waals surface area contributed by atoms with Crippen molar-refractivity contribution in [2.24, 2.45) is 0 Å². The van der Waals surface area contributed by atoms with E-state index in [1.165, 1.54) is 19.3 Å². The van der Waals surface area contributed by atoms with Gasteiger partial charge in [-0.05, 0) is 37.5 Å². The maximum absolute atomic E-state index is 12.8. The van der Waals surface area contributed by atoms with Crippen LogP contribution < -0.4 is 4.74 Å². The summed E-state index contributed by atoms with van der Waals surface area (Å²) in [5, 5.41) is 0. The molecule has 0 heterocycles. The Morgan fingerprint density at radius 3 is 2.67 bits per heavy atom. The minimum Gasteiger partial charge on any atom is -0.496 e. The zero-order chi connectivity index (χ0) is 15.2. The molecule has 21 heavy (non-hydrogen) atoms. The molecule has 1 amide bonds. The third-order valence-corrected chi connectivity index (χ3v) is 4.43. The van der Waals surface area contributed by atoms with Crippen molar-refractivity contribution < 1.29 is 9.53 Å². The Labute approximate surface area is 132 Å². The molecule has 1 aromatic carbocycles. The van der Waals surface area contributed by atoms with Gasteiger partial charge >= 0.3 is 0 Å². The highest BCUT2D eigenvalue weighted by molar-refractivity contribution is 6.18. The molecule has 1 fully saturated rings. The van der Waals surface area contributed by atoms with Crippen LogP contribution in [0.4, 0.5) is 0 Å². The van der Waals surface area contributed by atoms with Gasteiger partial charge in [0.1, 0.15) is 5.75 Å². The molecule has 0 aromatic heterocycles. The van der Waals surface area contributed by atoms with E-state index in [0.717, 1.165) is 24.2 Å². The number of carbonyl (C=O) groups is 1. The lowest BCUT2D eigenvalue weighted by atomic mass is 9.93. The van der Waals surface area contributed by atoms with Crippen LogP contribution in [-0.2, 0) is 0 Å². The third kappa shape index (κ3) is 3.91. The van der Waals surface area contributed by atoms with Gasteiger partial charge in [-0.2, -0.15) is 0 Å². The monoisotopic (exact) mass is 309 g/mol. The van der Waals surface area contributed by atoms with Crippen LogP contribution in [0.2, 0.25) is 0 Å². The number of hydrogen-bond acceptors (Lipinski definition) is 2. The van der Waals surface area contributed by atoms with E-state index >= 15 is 0 Å². The molecule has 0 spiro atoms. The summed E-state index contributed by atoms with van der Waals surface area (Å²) in [6.07, 6.45) is 5.86. The first kappa shape index (κ1) is 16.2. The van der Waals surface area contributed by atoms with Gasteiger partial charge < -0.3 is 9.64 Å². The van der Waals surface area contributed by atoms with E-state index in [-0.39, 0.29) is 5.91 Å². The lowest BCUT2D eigenvalue weighted by Gasteiger charge is -2.34. The highest BCUT2D eigenvalue weighted by atomic mass is 35.5. The van der Waals surface area contributed by atoms with Crippen LogP contribution in [0.1, 0.15) is 48.0 Å². The maximum Gasteiger partial charge on any atom is 0.254 e. The molecule has 1 saturated carbocycles. The molecule has 0 saturated heterocycles. The van der Waals surface area contributed by atoms with E-state index in [1.807, 2.05) is 30.0 Å². The fourth-order valence-electron chi connectivity index (χ4n) is 3.05. The SMILES string of the molecule is COc1cc(C(=O)N(CCCl)C2CCCCC2)ccc1C. The summed E-state index contributed by atoms with van der Waals surface area (Å²) in [7, 11) is 1.63. The smallest absolute Gasteiger partial charge is 0.254 e. The van der Waals surface area contributed by atoms with Crippen LogP contribution in [0.25, 0.3) is 0 Å². The molecule has 116 valence electrons. The van der Waals surface area contributed by atoms with Crippen molar-refractivity contribution in [3.05, 3.63) is 29.3 Å². The predicted molar refractivity (Wildman–Crippen MR) is 86.4 cm³/mol. The highest BCUT2D eigenvalue weighted by Crippen LogP contribution is 2.26. The molecular weight excluding hydrogens is 286 g/mol.